The van der Waals surface area contributed by atoms with Gasteiger partial charge in [0.15, 0.2) is 0 Å². The minimum absolute atomic E-state index is 0.215. The van der Waals surface area contributed by atoms with Crippen molar-refractivity contribution in [3.8, 4) is 0 Å². The maximum absolute atomic E-state index is 12.2. The highest BCUT2D eigenvalue weighted by Gasteiger charge is 2.21. The summed E-state index contributed by atoms with van der Waals surface area (Å²) < 4.78 is 6.54. The molecule has 0 fully saturated rings. The molecule has 2 heterocycles. The van der Waals surface area contributed by atoms with Crippen molar-refractivity contribution in [2.24, 2.45) is 7.05 Å². The van der Waals surface area contributed by atoms with E-state index in [4.69, 9.17) is 10.3 Å². The highest BCUT2D eigenvalue weighted by atomic mass is 16.5. The molecule has 0 spiro atoms. The fourth-order valence-electron chi connectivity index (χ4n) is 2.18. The van der Waals surface area contributed by atoms with Crippen LogP contribution in [0.2, 0.25) is 0 Å². The van der Waals surface area contributed by atoms with Crippen LogP contribution in [0, 0.1) is 13.8 Å². The van der Waals surface area contributed by atoms with Gasteiger partial charge >= 0.3 is 0 Å². The maximum Gasteiger partial charge on any atom is 0.272 e. The fourth-order valence-corrected chi connectivity index (χ4v) is 2.18. The number of carbonyl (C=O) groups excluding carboxylic acids is 1. The van der Waals surface area contributed by atoms with E-state index in [2.05, 4.69) is 15.6 Å². The zero-order chi connectivity index (χ0) is 14.2. The van der Waals surface area contributed by atoms with Crippen LogP contribution in [0.1, 0.15) is 40.5 Å². The molecule has 1 amide bonds. The molecular formula is C12H17N5O2. The van der Waals surface area contributed by atoms with Crippen LogP contribution in [-0.4, -0.2) is 20.8 Å². The number of aryl methyl sites for hydroxylation is 3. The van der Waals surface area contributed by atoms with Gasteiger partial charge in [-0.1, -0.05) is 5.16 Å². The van der Waals surface area contributed by atoms with Crippen molar-refractivity contribution in [1.29, 1.82) is 0 Å². The highest BCUT2D eigenvalue weighted by Crippen LogP contribution is 2.21. The predicted molar refractivity (Wildman–Crippen MR) is 69.5 cm³/mol. The quantitative estimate of drug-likeness (QED) is 0.863. The first-order valence-electron chi connectivity index (χ1n) is 5.93. The van der Waals surface area contributed by atoms with Crippen molar-refractivity contribution >= 4 is 11.6 Å². The van der Waals surface area contributed by atoms with Gasteiger partial charge in [-0.3, -0.25) is 9.48 Å². The first-order chi connectivity index (χ1) is 8.91. The average Bonchev–Trinajstić information content (AvgIpc) is 2.82. The molecule has 2 rings (SSSR count). The minimum Gasteiger partial charge on any atom is -0.396 e. The molecule has 1 atom stereocenters. The van der Waals surface area contributed by atoms with E-state index in [1.807, 2.05) is 20.8 Å². The Morgan fingerprint density at radius 2 is 2.21 bits per heavy atom. The Hall–Kier alpha value is -2.31. The summed E-state index contributed by atoms with van der Waals surface area (Å²) in [5.41, 5.74) is 8.07. The zero-order valence-electron chi connectivity index (χ0n) is 11.4. The molecule has 0 bridgehead atoms. The second-order valence-electron chi connectivity index (χ2n) is 4.51. The lowest BCUT2D eigenvalue weighted by Gasteiger charge is -2.14. The lowest BCUT2D eigenvalue weighted by molar-refractivity contribution is 0.0931. The first kappa shape index (κ1) is 13.1. The van der Waals surface area contributed by atoms with Crippen LogP contribution in [0.25, 0.3) is 0 Å². The molecule has 0 aromatic carbocycles. The summed E-state index contributed by atoms with van der Waals surface area (Å²) in [7, 11) is 1.67. The zero-order valence-corrected chi connectivity index (χ0v) is 11.4. The number of carbonyl (C=O) groups is 1. The van der Waals surface area contributed by atoms with Crippen LogP contribution in [0.5, 0.6) is 0 Å². The van der Waals surface area contributed by atoms with Gasteiger partial charge in [-0.15, -0.1) is 0 Å². The van der Waals surface area contributed by atoms with E-state index < -0.39 is 0 Å². The maximum atomic E-state index is 12.2. The molecule has 102 valence electrons. The molecule has 2 aromatic rings. The van der Waals surface area contributed by atoms with E-state index in [9.17, 15) is 4.79 Å². The molecule has 2 aromatic heterocycles. The number of aromatic nitrogens is 3. The predicted octanol–water partition coefficient (Wildman–Crippen LogP) is 1.10. The van der Waals surface area contributed by atoms with Crippen LogP contribution in [0.15, 0.2) is 10.7 Å². The lowest BCUT2D eigenvalue weighted by atomic mass is 10.1. The van der Waals surface area contributed by atoms with E-state index >= 15 is 0 Å². The molecule has 1 unspecified atom stereocenters. The molecule has 0 radical (unpaired) electrons. The van der Waals surface area contributed by atoms with Crippen LogP contribution in [-0.2, 0) is 7.05 Å². The number of nitrogens with zero attached hydrogens (tertiary/aromatic N) is 3. The molecule has 3 N–H and O–H groups in total. The smallest absolute Gasteiger partial charge is 0.272 e. The Morgan fingerprint density at radius 1 is 1.53 bits per heavy atom. The summed E-state index contributed by atoms with van der Waals surface area (Å²) in [6, 6.07) is -0.215. The number of nitrogens with one attached hydrogen (secondary N) is 1. The van der Waals surface area contributed by atoms with Gasteiger partial charge in [0.25, 0.3) is 5.91 Å². The number of amides is 1. The van der Waals surface area contributed by atoms with Gasteiger partial charge in [0.05, 0.1) is 23.6 Å². The third-order valence-corrected chi connectivity index (χ3v) is 3.05. The minimum atomic E-state index is -0.273. The second kappa shape index (κ2) is 4.75. The van der Waals surface area contributed by atoms with Crippen LogP contribution < -0.4 is 11.1 Å². The molecule has 0 saturated heterocycles. The molecule has 0 aliphatic rings. The van der Waals surface area contributed by atoms with Gasteiger partial charge in [0.1, 0.15) is 11.5 Å². The average molecular weight is 263 g/mol. The Bertz CT molecular complexity index is 575. The number of nitrogens with two attached hydrogens (primary N) is 1. The number of hydrogen-bond acceptors (Lipinski definition) is 5. The van der Waals surface area contributed by atoms with E-state index in [0.717, 1.165) is 11.3 Å². The number of anilines is 1. The van der Waals surface area contributed by atoms with Crippen molar-refractivity contribution in [1.82, 2.24) is 20.3 Å². The second-order valence-corrected chi connectivity index (χ2v) is 4.51. The Morgan fingerprint density at radius 3 is 2.68 bits per heavy atom. The molecule has 0 aliphatic carbocycles. The fraction of sp³-hybridized carbons (Fsp3) is 0.417. The summed E-state index contributed by atoms with van der Waals surface area (Å²) >= 11 is 0. The molecule has 7 heteroatoms. The number of nitrogen functional groups attached to an aromatic ring is 1. The monoisotopic (exact) mass is 263 g/mol. The summed E-state index contributed by atoms with van der Waals surface area (Å²) in [6.45, 7) is 5.53. The number of rotatable bonds is 3. The van der Waals surface area contributed by atoms with Crippen LogP contribution >= 0.6 is 0 Å². The Balaban J connectivity index is 2.20. The van der Waals surface area contributed by atoms with E-state index in [1.165, 1.54) is 10.9 Å². The Kier molecular flexibility index (Phi) is 3.28. The third-order valence-electron chi connectivity index (χ3n) is 3.05. The lowest BCUT2D eigenvalue weighted by Crippen LogP contribution is -2.29. The van der Waals surface area contributed by atoms with Crippen molar-refractivity contribution in [2.75, 3.05) is 5.73 Å². The SMILES string of the molecule is Cc1noc(C)c1C(C)NC(=O)c1c(N)cnn1C. The largest absolute Gasteiger partial charge is 0.396 e. The van der Waals surface area contributed by atoms with Gasteiger partial charge < -0.3 is 15.6 Å². The van der Waals surface area contributed by atoms with Gasteiger partial charge in [0, 0.05) is 12.6 Å². The van der Waals surface area contributed by atoms with Gasteiger partial charge in [0.2, 0.25) is 0 Å². The van der Waals surface area contributed by atoms with Crippen molar-refractivity contribution in [3.05, 3.63) is 28.9 Å². The third kappa shape index (κ3) is 2.31. The summed E-state index contributed by atoms with van der Waals surface area (Å²) in [6.07, 6.45) is 1.45. The first-order valence-corrected chi connectivity index (χ1v) is 5.93. The van der Waals surface area contributed by atoms with Gasteiger partial charge in [-0.05, 0) is 20.8 Å². The van der Waals surface area contributed by atoms with E-state index in [-0.39, 0.29) is 11.9 Å². The van der Waals surface area contributed by atoms with E-state index in [1.54, 1.807) is 7.05 Å². The van der Waals surface area contributed by atoms with Crippen molar-refractivity contribution in [2.45, 2.75) is 26.8 Å². The van der Waals surface area contributed by atoms with E-state index in [0.29, 0.717) is 17.1 Å². The van der Waals surface area contributed by atoms with Crippen LogP contribution in [0.3, 0.4) is 0 Å². The topological polar surface area (TPSA) is 99.0 Å². The Labute approximate surface area is 110 Å². The van der Waals surface area contributed by atoms with Gasteiger partial charge in [-0.2, -0.15) is 5.10 Å². The van der Waals surface area contributed by atoms with Crippen molar-refractivity contribution in [3.63, 3.8) is 0 Å². The molecule has 0 saturated carbocycles. The molecule has 0 aliphatic heterocycles. The normalized spacial score (nSPS) is 12.4. The highest BCUT2D eigenvalue weighted by molar-refractivity contribution is 5.97. The summed E-state index contributed by atoms with van der Waals surface area (Å²) in [5, 5.41) is 10.7. The molecular weight excluding hydrogens is 246 g/mol. The molecule has 7 nitrogen and oxygen atoms in total. The summed E-state index contributed by atoms with van der Waals surface area (Å²) in [5.74, 6) is 0.424. The van der Waals surface area contributed by atoms with Crippen LogP contribution in [0.4, 0.5) is 5.69 Å². The molecule has 19 heavy (non-hydrogen) atoms. The number of hydrogen-bond donors (Lipinski definition) is 2. The van der Waals surface area contributed by atoms with Crippen molar-refractivity contribution < 1.29 is 9.32 Å². The standard InChI is InChI=1S/C12H17N5O2/c1-6(10-7(2)16-19-8(10)3)15-12(18)11-9(13)5-14-17(11)4/h5-6H,13H2,1-4H3,(H,15,18). The summed E-state index contributed by atoms with van der Waals surface area (Å²) in [4.78, 5) is 12.2. The van der Waals surface area contributed by atoms with Gasteiger partial charge in [-0.25, -0.2) is 0 Å².